The zero-order valence-corrected chi connectivity index (χ0v) is 10.7. The van der Waals surface area contributed by atoms with Crippen LogP contribution in [0.25, 0.3) is 0 Å². The molecule has 1 aromatic carbocycles. The number of aliphatic hydroxyl groups excluding tert-OH is 1. The number of carbonyl (C=O) groups excluding carboxylic acids is 1. The van der Waals surface area contributed by atoms with Gasteiger partial charge in [0.1, 0.15) is 0 Å². The summed E-state index contributed by atoms with van der Waals surface area (Å²) in [5.41, 5.74) is 6.76. The number of rotatable bonds is 4. The maximum Gasteiger partial charge on any atom is 0.255 e. The first kappa shape index (κ1) is 13.0. The zero-order chi connectivity index (χ0) is 12.1. The van der Waals surface area contributed by atoms with Crippen molar-refractivity contribution in [3.63, 3.8) is 0 Å². The van der Waals surface area contributed by atoms with Gasteiger partial charge in [0.2, 0.25) is 0 Å². The molecule has 0 saturated carbocycles. The molecular formula is C11H15BrN2O2. The third-order valence-corrected chi connectivity index (χ3v) is 3.18. The molecule has 0 fully saturated rings. The lowest BCUT2D eigenvalue weighted by atomic mass is 10.1. The van der Waals surface area contributed by atoms with E-state index in [0.29, 0.717) is 28.8 Å². The third-order valence-electron chi connectivity index (χ3n) is 2.30. The van der Waals surface area contributed by atoms with Gasteiger partial charge in [0.25, 0.3) is 5.91 Å². The van der Waals surface area contributed by atoms with Crippen LogP contribution >= 0.6 is 15.9 Å². The lowest BCUT2D eigenvalue weighted by Crippen LogP contribution is -2.33. The Hall–Kier alpha value is -1.07. The molecule has 5 heteroatoms. The van der Waals surface area contributed by atoms with Crippen molar-refractivity contribution in [3.05, 3.63) is 28.2 Å². The van der Waals surface area contributed by atoms with E-state index in [9.17, 15) is 4.79 Å². The van der Waals surface area contributed by atoms with Crippen molar-refractivity contribution in [1.29, 1.82) is 0 Å². The molecule has 0 aliphatic heterocycles. The summed E-state index contributed by atoms with van der Waals surface area (Å²) in [5.74, 6) is -0.129. The molecule has 0 atom stereocenters. The van der Waals surface area contributed by atoms with E-state index in [0.717, 1.165) is 0 Å². The molecule has 0 heterocycles. The Bertz CT molecular complexity index is 382. The quantitative estimate of drug-likeness (QED) is 0.824. The van der Waals surface area contributed by atoms with Crippen molar-refractivity contribution < 1.29 is 9.90 Å². The van der Waals surface area contributed by atoms with Gasteiger partial charge >= 0.3 is 0 Å². The monoisotopic (exact) mass is 286 g/mol. The Morgan fingerprint density at radius 1 is 1.56 bits per heavy atom. The predicted octanol–water partition coefficient (Wildman–Crippen LogP) is 1.49. The second-order valence-corrected chi connectivity index (χ2v) is 4.11. The molecule has 0 saturated heterocycles. The normalized spacial score (nSPS) is 10.2. The minimum atomic E-state index is -0.129. The molecule has 0 radical (unpaired) electrons. The minimum absolute atomic E-state index is 0.0421. The Morgan fingerprint density at radius 2 is 2.25 bits per heavy atom. The van der Waals surface area contributed by atoms with E-state index in [-0.39, 0.29) is 12.5 Å². The number of benzene rings is 1. The van der Waals surface area contributed by atoms with Gasteiger partial charge < -0.3 is 15.7 Å². The van der Waals surface area contributed by atoms with Crippen molar-refractivity contribution in [3.8, 4) is 0 Å². The van der Waals surface area contributed by atoms with Crippen molar-refractivity contribution in [2.75, 3.05) is 25.4 Å². The first-order valence-corrected chi connectivity index (χ1v) is 5.85. The standard InChI is InChI=1S/C11H15BrN2O2/c1-2-14(6-7-15)11(16)8-4-3-5-9(13)10(8)12/h3-5,15H,2,6-7,13H2,1H3. The van der Waals surface area contributed by atoms with Crippen molar-refractivity contribution >= 4 is 27.5 Å². The summed E-state index contributed by atoms with van der Waals surface area (Å²) in [5, 5.41) is 8.86. The highest BCUT2D eigenvalue weighted by molar-refractivity contribution is 9.10. The summed E-state index contributed by atoms with van der Waals surface area (Å²) in [6.07, 6.45) is 0. The molecule has 1 amide bonds. The summed E-state index contributed by atoms with van der Waals surface area (Å²) >= 11 is 3.29. The van der Waals surface area contributed by atoms with E-state index in [1.54, 1.807) is 23.1 Å². The number of halogens is 1. The van der Waals surface area contributed by atoms with Crippen LogP contribution in [0, 0.1) is 0 Å². The maximum absolute atomic E-state index is 12.1. The minimum Gasteiger partial charge on any atom is -0.398 e. The summed E-state index contributed by atoms with van der Waals surface area (Å²) in [7, 11) is 0. The van der Waals surface area contributed by atoms with Gasteiger partial charge in [-0.05, 0) is 35.0 Å². The van der Waals surface area contributed by atoms with Gasteiger partial charge in [-0.25, -0.2) is 0 Å². The van der Waals surface area contributed by atoms with Gasteiger partial charge in [-0.2, -0.15) is 0 Å². The number of amides is 1. The van der Waals surface area contributed by atoms with Gasteiger partial charge in [-0.3, -0.25) is 4.79 Å². The van der Waals surface area contributed by atoms with Gasteiger partial charge in [0.15, 0.2) is 0 Å². The fraction of sp³-hybridized carbons (Fsp3) is 0.364. The molecule has 1 rings (SSSR count). The largest absolute Gasteiger partial charge is 0.398 e. The summed E-state index contributed by atoms with van der Waals surface area (Å²) in [4.78, 5) is 13.6. The number of anilines is 1. The number of hydrogen-bond donors (Lipinski definition) is 2. The molecule has 0 aliphatic carbocycles. The molecule has 1 aromatic rings. The van der Waals surface area contributed by atoms with Crippen LogP contribution in [0.4, 0.5) is 5.69 Å². The van der Waals surface area contributed by atoms with Crippen LogP contribution in [0.5, 0.6) is 0 Å². The highest BCUT2D eigenvalue weighted by Gasteiger charge is 2.17. The lowest BCUT2D eigenvalue weighted by molar-refractivity contribution is 0.0731. The number of hydrogen-bond acceptors (Lipinski definition) is 3. The van der Waals surface area contributed by atoms with Gasteiger partial charge in [0, 0.05) is 18.8 Å². The average molecular weight is 287 g/mol. The highest BCUT2D eigenvalue weighted by atomic mass is 79.9. The SMILES string of the molecule is CCN(CCO)C(=O)c1cccc(N)c1Br. The Labute approximate surface area is 103 Å². The van der Waals surface area contributed by atoms with Crippen LogP contribution in [0.1, 0.15) is 17.3 Å². The Balaban J connectivity index is 2.99. The van der Waals surface area contributed by atoms with Crippen LogP contribution in [-0.4, -0.2) is 35.6 Å². The number of aliphatic hydroxyl groups is 1. The fourth-order valence-corrected chi connectivity index (χ4v) is 1.84. The molecular weight excluding hydrogens is 272 g/mol. The Morgan fingerprint density at radius 3 is 2.81 bits per heavy atom. The molecule has 88 valence electrons. The molecule has 3 N–H and O–H groups in total. The highest BCUT2D eigenvalue weighted by Crippen LogP contribution is 2.24. The second kappa shape index (κ2) is 5.86. The van der Waals surface area contributed by atoms with Crippen LogP contribution < -0.4 is 5.73 Å². The van der Waals surface area contributed by atoms with Crippen LogP contribution in [0.15, 0.2) is 22.7 Å². The van der Waals surface area contributed by atoms with E-state index in [1.165, 1.54) is 0 Å². The smallest absolute Gasteiger partial charge is 0.255 e. The van der Waals surface area contributed by atoms with E-state index in [4.69, 9.17) is 10.8 Å². The molecule has 16 heavy (non-hydrogen) atoms. The summed E-state index contributed by atoms with van der Waals surface area (Å²) in [6, 6.07) is 5.17. The molecule has 4 nitrogen and oxygen atoms in total. The number of nitrogen functional groups attached to an aromatic ring is 1. The van der Waals surface area contributed by atoms with Crippen LogP contribution in [0.3, 0.4) is 0 Å². The summed E-state index contributed by atoms with van der Waals surface area (Å²) < 4.78 is 0.608. The predicted molar refractivity (Wildman–Crippen MR) is 67.2 cm³/mol. The molecule has 0 spiro atoms. The first-order chi connectivity index (χ1) is 7.61. The number of carbonyl (C=O) groups is 1. The van der Waals surface area contributed by atoms with Gasteiger partial charge in [-0.1, -0.05) is 6.07 Å². The summed E-state index contributed by atoms with van der Waals surface area (Å²) in [6.45, 7) is 2.71. The lowest BCUT2D eigenvalue weighted by Gasteiger charge is -2.20. The topological polar surface area (TPSA) is 66.6 Å². The number of nitrogens with zero attached hydrogens (tertiary/aromatic N) is 1. The van der Waals surface area contributed by atoms with E-state index < -0.39 is 0 Å². The molecule has 0 unspecified atom stereocenters. The van der Waals surface area contributed by atoms with Crippen LogP contribution in [-0.2, 0) is 0 Å². The number of likely N-dealkylation sites (N-methyl/N-ethyl adjacent to an activating group) is 1. The molecule has 0 aliphatic rings. The first-order valence-electron chi connectivity index (χ1n) is 5.06. The zero-order valence-electron chi connectivity index (χ0n) is 9.11. The van der Waals surface area contributed by atoms with Crippen molar-refractivity contribution in [2.45, 2.75) is 6.92 Å². The maximum atomic E-state index is 12.1. The van der Waals surface area contributed by atoms with Crippen LogP contribution in [0.2, 0.25) is 0 Å². The van der Waals surface area contributed by atoms with Crippen molar-refractivity contribution in [1.82, 2.24) is 4.90 Å². The Kier molecular flexibility index (Phi) is 4.76. The van der Waals surface area contributed by atoms with Gasteiger partial charge in [-0.15, -0.1) is 0 Å². The van der Waals surface area contributed by atoms with E-state index >= 15 is 0 Å². The molecule has 0 aromatic heterocycles. The van der Waals surface area contributed by atoms with Gasteiger partial charge in [0.05, 0.1) is 16.6 Å². The molecule has 0 bridgehead atoms. The van der Waals surface area contributed by atoms with E-state index in [1.807, 2.05) is 6.92 Å². The fourth-order valence-electron chi connectivity index (χ4n) is 1.41. The van der Waals surface area contributed by atoms with Crippen molar-refractivity contribution in [2.24, 2.45) is 0 Å². The second-order valence-electron chi connectivity index (χ2n) is 3.32. The number of nitrogens with two attached hydrogens (primary N) is 1. The average Bonchev–Trinajstić information content (AvgIpc) is 2.29. The third kappa shape index (κ3) is 2.74. The van der Waals surface area contributed by atoms with E-state index in [2.05, 4.69) is 15.9 Å².